The SMILES string of the molecule is COc1ccc(-c2cc3ncn(C)c3c(O[C@H](C)C3CNC(=O)C3)n2)cc1F. The zero-order valence-corrected chi connectivity index (χ0v) is 15.9. The number of fused-ring (bicyclic) bond motifs is 1. The van der Waals surface area contributed by atoms with Crippen molar-refractivity contribution >= 4 is 16.9 Å². The molecule has 1 N–H and O–H groups in total. The molecule has 1 amide bonds. The zero-order valence-electron chi connectivity index (χ0n) is 15.9. The van der Waals surface area contributed by atoms with Crippen LogP contribution in [0.5, 0.6) is 11.6 Å². The lowest BCUT2D eigenvalue weighted by molar-refractivity contribution is -0.119. The Morgan fingerprint density at radius 1 is 1.36 bits per heavy atom. The number of hydrogen-bond acceptors (Lipinski definition) is 5. The molecule has 1 fully saturated rings. The van der Waals surface area contributed by atoms with E-state index in [-0.39, 0.29) is 23.7 Å². The summed E-state index contributed by atoms with van der Waals surface area (Å²) in [5.41, 5.74) is 2.60. The summed E-state index contributed by atoms with van der Waals surface area (Å²) in [4.78, 5) is 20.5. The Hall–Kier alpha value is -3.16. The van der Waals surface area contributed by atoms with Crippen LogP contribution in [0.4, 0.5) is 4.39 Å². The van der Waals surface area contributed by atoms with Gasteiger partial charge in [-0.3, -0.25) is 4.79 Å². The highest BCUT2D eigenvalue weighted by Crippen LogP contribution is 2.32. The maximum absolute atomic E-state index is 14.2. The predicted molar refractivity (Wildman–Crippen MR) is 102 cm³/mol. The summed E-state index contributed by atoms with van der Waals surface area (Å²) >= 11 is 0. The molecule has 8 heteroatoms. The molecule has 1 aromatic carbocycles. The van der Waals surface area contributed by atoms with Crippen LogP contribution in [0.2, 0.25) is 0 Å². The molecule has 0 radical (unpaired) electrons. The van der Waals surface area contributed by atoms with Crippen LogP contribution < -0.4 is 14.8 Å². The highest BCUT2D eigenvalue weighted by molar-refractivity contribution is 5.84. The van der Waals surface area contributed by atoms with E-state index in [1.165, 1.54) is 13.2 Å². The van der Waals surface area contributed by atoms with Gasteiger partial charge in [-0.1, -0.05) is 0 Å². The second-order valence-corrected chi connectivity index (χ2v) is 6.98. The van der Waals surface area contributed by atoms with E-state index in [1.807, 2.05) is 18.5 Å². The summed E-state index contributed by atoms with van der Waals surface area (Å²) in [5, 5.41) is 2.82. The molecule has 28 heavy (non-hydrogen) atoms. The van der Waals surface area contributed by atoms with Gasteiger partial charge in [-0.25, -0.2) is 14.4 Å². The largest absolute Gasteiger partial charge is 0.494 e. The van der Waals surface area contributed by atoms with E-state index in [4.69, 9.17) is 9.47 Å². The Morgan fingerprint density at radius 2 is 2.18 bits per heavy atom. The molecule has 2 atom stereocenters. The first-order chi connectivity index (χ1) is 13.5. The van der Waals surface area contributed by atoms with Gasteiger partial charge >= 0.3 is 0 Å². The number of aromatic nitrogens is 3. The van der Waals surface area contributed by atoms with E-state index in [0.29, 0.717) is 35.6 Å². The summed E-state index contributed by atoms with van der Waals surface area (Å²) in [6.07, 6.45) is 1.90. The number of hydrogen-bond donors (Lipinski definition) is 1. The molecule has 0 aliphatic carbocycles. The van der Waals surface area contributed by atoms with E-state index in [1.54, 1.807) is 24.5 Å². The third-order valence-corrected chi connectivity index (χ3v) is 5.08. The minimum Gasteiger partial charge on any atom is -0.494 e. The molecule has 146 valence electrons. The van der Waals surface area contributed by atoms with E-state index < -0.39 is 5.82 Å². The standard InChI is InChI=1S/C20H21FN4O3/c1-11(13-7-18(26)22-9-13)28-20-19-16(23-10-25(19)2)8-15(24-20)12-4-5-17(27-3)14(21)6-12/h4-6,8,10-11,13H,7,9H2,1-3H3,(H,22,26)/t11-,13?/m1/s1. The summed E-state index contributed by atoms with van der Waals surface area (Å²) in [6.45, 7) is 2.51. The molecule has 4 rings (SSSR count). The normalized spacial score (nSPS) is 17.6. The van der Waals surface area contributed by atoms with Crippen molar-refractivity contribution in [3.63, 3.8) is 0 Å². The fourth-order valence-electron chi connectivity index (χ4n) is 3.43. The van der Waals surface area contributed by atoms with Crippen molar-refractivity contribution < 1.29 is 18.7 Å². The van der Waals surface area contributed by atoms with Crippen molar-refractivity contribution in [1.29, 1.82) is 0 Å². The molecule has 1 aliphatic rings. The average molecular weight is 384 g/mol. The molecule has 1 saturated heterocycles. The zero-order chi connectivity index (χ0) is 19.8. The number of halogens is 1. The third kappa shape index (κ3) is 3.26. The minimum absolute atomic E-state index is 0.0292. The van der Waals surface area contributed by atoms with E-state index in [0.717, 1.165) is 5.52 Å². The summed E-state index contributed by atoms with van der Waals surface area (Å²) < 4.78 is 27.1. The number of aryl methyl sites for hydroxylation is 1. The molecule has 3 heterocycles. The maximum atomic E-state index is 14.2. The fourth-order valence-corrected chi connectivity index (χ4v) is 3.43. The van der Waals surface area contributed by atoms with Crippen molar-refractivity contribution in [3.8, 4) is 22.9 Å². The van der Waals surface area contributed by atoms with E-state index >= 15 is 0 Å². The lowest BCUT2D eigenvalue weighted by Gasteiger charge is -2.20. The van der Waals surface area contributed by atoms with Gasteiger partial charge in [-0.2, -0.15) is 0 Å². The lowest BCUT2D eigenvalue weighted by Crippen LogP contribution is -2.26. The van der Waals surface area contributed by atoms with Crippen molar-refractivity contribution in [3.05, 3.63) is 36.4 Å². The van der Waals surface area contributed by atoms with Gasteiger partial charge in [0.2, 0.25) is 11.8 Å². The van der Waals surface area contributed by atoms with E-state index in [2.05, 4.69) is 15.3 Å². The molecular formula is C20H21FN4O3. The van der Waals surface area contributed by atoms with Gasteiger partial charge in [0.05, 0.1) is 24.6 Å². The van der Waals surface area contributed by atoms with Gasteiger partial charge in [-0.15, -0.1) is 0 Å². The quantitative estimate of drug-likeness (QED) is 0.732. The number of carbonyl (C=O) groups excluding carboxylic acids is 1. The first-order valence-corrected chi connectivity index (χ1v) is 9.05. The van der Waals surface area contributed by atoms with Crippen LogP contribution >= 0.6 is 0 Å². The van der Waals surface area contributed by atoms with Crippen LogP contribution in [-0.4, -0.2) is 40.2 Å². The minimum atomic E-state index is -0.464. The van der Waals surface area contributed by atoms with Gasteiger partial charge in [0.15, 0.2) is 11.6 Å². The van der Waals surface area contributed by atoms with Gasteiger partial charge < -0.3 is 19.4 Å². The fraction of sp³-hybridized carbons (Fsp3) is 0.350. The van der Waals surface area contributed by atoms with Crippen molar-refractivity contribution in [2.24, 2.45) is 13.0 Å². The average Bonchev–Trinajstić information content (AvgIpc) is 3.27. The topological polar surface area (TPSA) is 78.3 Å². The second-order valence-electron chi connectivity index (χ2n) is 6.98. The number of imidazole rings is 1. The van der Waals surface area contributed by atoms with Crippen molar-refractivity contribution in [2.75, 3.05) is 13.7 Å². The van der Waals surface area contributed by atoms with Gasteiger partial charge in [0.1, 0.15) is 11.6 Å². The molecule has 1 unspecified atom stereocenters. The Kier molecular flexibility index (Phi) is 4.62. The second kappa shape index (κ2) is 7.10. The molecule has 2 aromatic heterocycles. The smallest absolute Gasteiger partial charge is 0.241 e. The van der Waals surface area contributed by atoms with Gasteiger partial charge in [0.25, 0.3) is 0 Å². The van der Waals surface area contributed by atoms with Crippen LogP contribution in [-0.2, 0) is 11.8 Å². The number of carbonyl (C=O) groups is 1. The van der Waals surface area contributed by atoms with E-state index in [9.17, 15) is 9.18 Å². The Morgan fingerprint density at radius 3 is 2.86 bits per heavy atom. The monoisotopic (exact) mass is 384 g/mol. The maximum Gasteiger partial charge on any atom is 0.241 e. The molecule has 0 spiro atoms. The molecule has 1 aliphatic heterocycles. The van der Waals surface area contributed by atoms with Gasteiger partial charge in [-0.05, 0) is 31.2 Å². The Balaban J connectivity index is 1.73. The Labute approximate surface area is 161 Å². The van der Waals surface area contributed by atoms with Crippen LogP contribution in [0.15, 0.2) is 30.6 Å². The van der Waals surface area contributed by atoms with Crippen LogP contribution in [0.3, 0.4) is 0 Å². The summed E-state index contributed by atoms with van der Waals surface area (Å²) in [7, 11) is 3.29. The van der Waals surface area contributed by atoms with Crippen LogP contribution in [0.1, 0.15) is 13.3 Å². The number of methoxy groups -OCH3 is 1. The summed E-state index contributed by atoms with van der Waals surface area (Å²) in [5.74, 6) is 0.220. The number of nitrogens with one attached hydrogen (secondary N) is 1. The number of pyridine rings is 1. The van der Waals surface area contributed by atoms with Crippen molar-refractivity contribution in [2.45, 2.75) is 19.4 Å². The number of rotatable bonds is 5. The first-order valence-electron chi connectivity index (χ1n) is 9.05. The highest BCUT2D eigenvalue weighted by Gasteiger charge is 2.29. The number of benzene rings is 1. The van der Waals surface area contributed by atoms with Crippen molar-refractivity contribution in [1.82, 2.24) is 19.9 Å². The Bertz CT molecular complexity index is 1050. The highest BCUT2D eigenvalue weighted by atomic mass is 19.1. The molecule has 0 bridgehead atoms. The van der Waals surface area contributed by atoms with Gasteiger partial charge in [0, 0.05) is 31.5 Å². The number of nitrogens with zero attached hydrogens (tertiary/aromatic N) is 3. The lowest BCUT2D eigenvalue weighted by atomic mass is 10.0. The molecule has 3 aromatic rings. The molecular weight excluding hydrogens is 363 g/mol. The van der Waals surface area contributed by atoms with Crippen LogP contribution in [0.25, 0.3) is 22.3 Å². The van der Waals surface area contributed by atoms with Crippen LogP contribution in [0, 0.1) is 11.7 Å². The predicted octanol–water partition coefficient (Wildman–Crippen LogP) is 2.69. The number of ether oxygens (including phenoxy) is 2. The first kappa shape index (κ1) is 18.2. The molecule has 0 saturated carbocycles. The molecule has 7 nitrogen and oxygen atoms in total. The summed E-state index contributed by atoms with van der Waals surface area (Å²) in [6, 6.07) is 6.48. The third-order valence-electron chi connectivity index (χ3n) is 5.08. The number of amides is 1.